The minimum atomic E-state index is -0.114. The van der Waals surface area contributed by atoms with Crippen molar-refractivity contribution in [3.8, 4) is 0 Å². The molecule has 1 aliphatic rings. The molecule has 21 heavy (non-hydrogen) atoms. The lowest BCUT2D eigenvalue weighted by molar-refractivity contribution is 0.0957. The molecular weight excluding hydrogens is 286 g/mol. The van der Waals surface area contributed by atoms with E-state index in [4.69, 9.17) is 5.73 Å². The Hall–Kier alpha value is -1.34. The number of hydrogen-bond donors (Lipinski definition) is 3. The van der Waals surface area contributed by atoms with E-state index in [9.17, 15) is 4.79 Å². The van der Waals surface area contributed by atoms with Gasteiger partial charge >= 0.3 is 0 Å². The Morgan fingerprint density at radius 3 is 2.81 bits per heavy atom. The number of nitrogens with one attached hydrogen (secondary N) is 2. The van der Waals surface area contributed by atoms with E-state index in [0.29, 0.717) is 23.3 Å². The molecule has 0 radical (unpaired) electrons. The predicted octanol–water partition coefficient (Wildman–Crippen LogP) is 1.76. The van der Waals surface area contributed by atoms with Gasteiger partial charge in [0.2, 0.25) is 0 Å². The lowest BCUT2D eigenvalue weighted by atomic mass is 9.93. The van der Waals surface area contributed by atoms with Crippen LogP contribution in [-0.4, -0.2) is 49.0 Å². The van der Waals surface area contributed by atoms with Gasteiger partial charge in [-0.3, -0.25) is 4.79 Å². The first-order valence-corrected chi connectivity index (χ1v) is 8.33. The Balaban J connectivity index is 1.76. The second-order valence-corrected chi connectivity index (χ2v) is 6.77. The molecule has 0 saturated heterocycles. The zero-order chi connectivity index (χ0) is 15.2. The highest BCUT2D eigenvalue weighted by Gasteiger charge is 2.21. The molecule has 1 saturated carbocycles. The van der Waals surface area contributed by atoms with Crippen LogP contribution in [0.5, 0.6) is 0 Å². The molecule has 0 aliphatic heterocycles. The molecule has 1 amide bonds. The van der Waals surface area contributed by atoms with Crippen LogP contribution < -0.4 is 16.4 Å². The summed E-state index contributed by atoms with van der Waals surface area (Å²) in [6.07, 6.45) is 5.65. The number of aromatic nitrogens is 1. The molecule has 0 aromatic carbocycles. The molecule has 1 aromatic rings. The second-order valence-electron chi connectivity index (χ2n) is 5.77. The number of hydrogen-bond acceptors (Lipinski definition) is 6. The first-order valence-electron chi connectivity index (χ1n) is 7.52. The number of rotatable bonds is 8. The van der Waals surface area contributed by atoms with Crippen LogP contribution in [0, 0.1) is 0 Å². The smallest absolute Gasteiger partial charge is 0.265 e. The molecule has 0 atom stereocenters. The summed E-state index contributed by atoms with van der Waals surface area (Å²) in [5, 5.41) is 7.00. The van der Waals surface area contributed by atoms with Crippen molar-refractivity contribution in [3.05, 3.63) is 4.88 Å². The molecule has 0 spiro atoms. The number of amides is 1. The average molecular weight is 311 g/mol. The summed E-state index contributed by atoms with van der Waals surface area (Å²) < 4.78 is 0. The van der Waals surface area contributed by atoms with Crippen molar-refractivity contribution in [2.45, 2.75) is 38.1 Å². The molecule has 7 heteroatoms. The minimum Gasteiger partial charge on any atom is -0.382 e. The number of anilines is 2. The highest BCUT2D eigenvalue weighted by molar-refractivity contribution is 7.18. The number of nitrogens with two attached hydrogens (primary N) is 1. The molecule has 1 aliphatic carbocycles. The van der Waals surface area contributed by atoms with Crippen molar-refractivity contribution in [1.29, 1.82) is 0 Å². The number of nitrogens with zero attached hydrogens (tertiary/aromatic N) is 2. The highest BCUT2D eigenvalue weighted by Crippen LogP contribution is 2.29. The van der Waals surface area contributed by atoms with Gasteiger partial charge in [-0.15, -0.1) is 0 Å². The highest BCUT2D eigenvalue weighted by atomic mass is 32.1. The third-order valence-corrected chi connectivity index (χ3v) is 4.61. The van der Waals surface area contributed by atoms with Crippen molar-refractivity contribution < 1.29 is 4.79 Å². The van der Waals surface area contributed by atoms with Crippen molar-refractivity contribution in [2.75, 3.05) is 38.2 Å². The summed E-state index contributed by atoms with van der Waals surface area (Å²) >= 11 is 1.35. The first-order chi connectivity index (χ1) is 10.1. The van der Waals surface area contributed by atoms with Gasteiger partial charge in [-0.1, -0.05) is 11.3 Å². The fourth-order valence-corrected chi connectivity index (χ4v) is 3.00. The van der Waals surface area contributed by atoms with E-state index in [1.54, 1.807) is 0 Å². The van der Waals surface area contributed by atoms with Crippen molar-refractivity contribution in [1.82, 2.24) is 15.2 Å². The summed E-state index contributed by atoms with van der Waals surface area (Å²) in [7, 11) is 4.10. The van der Waals surface area contributed by atoms with Gasteiger partial charge < -0.3 is 21.3 Å². The van der Waals surface area contributed by atoms with E-state index in [1.165, 1.54) is 30.6 Å². The third-order valence-electron chi connectivity index (χ3n) is 3.61. The lowest BCUT2D eigenvalue weighted by Gasteiger charge is -2.25. The molecule has 0 unspecified atom stereocenters. The van der Waals surface area contributed by atoms with Crippen molar-refractivity contribution >= 4 is 28.2 Å². The van der Waals surface area contributed by atoms with E-state index in [1.807, 2.05) is 14.1 Å². The van der Waals surface area contributed by atoms with Gasteiger partial charge in [-0.2, -0.15) is 0 Å². The Kier molecular flexibility index (Phi) is 5.81. The Morgan fingerprint density at radius 2 is 2.19 bits per heavy atom. The van der Waals surface area contributed by atoms with Crippen LogP contribution in [0.3, 0.4) is 0 Å². The maximum absolute atomic E-state index is 12.1. The van der Waals surface area contributed by atoms with E-state index in [-0.39, 0.29) is 5.91 Å². The first kappa shape index (κ1) is 16.0. The van der Waals surface area contributed by atoms with Crippen LogP contribution in [0.4, 0.5) is 10.9 Å². The largest absolute Gasteiger partial charge is 0.382 e. The standard InChI is InChI=1S/C14H25N5OS/c1-19(2)9-4-3-8-16-13(20)11-12(15)18-14(21-11)17-10-6-5-7-10/h10H,3-9,15H2,1-2H3,(H,16,20)(H,17,18). The lowest BCUT2D eigenvalue weighted by Crippen LogP contribution is -2.26. The zero-order valence-electron chi connectivity index (χ0n) is 12.8. The normalized spacial score (nSPS) is 15.0. The fraction of sp³-hybridized carbons (Fsp3) is 0.714. The maximum atomic E-state index is 12.1. The Bertz CT molecular complexity index is 470. The van der Waals surface area contributed by atoms with Gasteiger partial charge in [-0.05, 0) is 52.7 Å². The number of nitrogen functional groups attached to an aromatic ring is 1. The number of unbranched alkanes of at least 4 members (excludes halogenated alkanes) is 1. The second kappa shape index (κ2) is 7.61. The van der Waals surface area contributed by atoms with Gasteiger partial charge in [0.1, 0.15) is 10.7 Å². The van der Waals surface area contributed by atoms with Crippen LogP contribution in [0.15, 0.2) is 0 Å². The topological polar surface area (TPSA) is 83.3 Å². The van der Waals surface area contributed by atoms with E-state index >= 15 is 0 Å². The number of thiazole rings is 1. The molecule has 4 N–H and O–H groups in total. The quantitative estimate of drug-likeness (QED) is 0.637. The van der Waals surface area contributed by atoms with Crippen LogP contribution in [0.1, 0.15) is 41.8 Å². The molecule has 0 bridgehead atoms. The van der Waals surface area contributed by atoms with Crippen LogP contribution in [-0.2, 0) is 0 Å². The van der Waals surface area contributed by atoms with Crippen molar-refractivity contribution in [2.24, 2.45) is 0 Å². The molecule has 1 aromatic heterocycles. The number of carbonyl (C=O) groups excluding carboxylic acids is 1. The van der Waals surface area contributed by atoms with Gasteiger partial charge in [-0.25, -0.2) is 4.98 Å². The Morgan fingerprint density at radius 1 is 1.43 bits per heavy atom. The molecule has 6 nitrogen and oxygen atoms in total. The minimum absolute atomic E-state index is 0.114. The van der Waals surface area contributed by atoms with Crippen LogP contribution in [0.25, 0.3) is 0 Å². The number of carbonyl (C=O) groups is 1. The monoisotopic (exact) mass is 311 g/mol. The SMILES string of the molecule is CN(C)CCCCNC(=O)c1sc(NC2CCC2)nc1N. The summed E-state index contributed by atoms with van der Waals surface area (Å²) in [6.45, 7) is 1.71. The molecule has 1 fully saturated rings. The Labute approximate surface area is 130 Å². The van der Waals surface area contributed by atoms with Gasteiger partial charge in [0.05, 0.1) is 0 Å². The summed E-state index contributed by atoms with van der Waals surface area (Å²) in [4.78, 5) is 19.0. The summed E-state index contributed by atoms with van der Waals surface area (Å²) in [6, 6.07) is 0.498. The van der Waals surface area contributed by atoms with E-state index in [2.05, 4.69) is 20.5 Å². The van der Waals surface area contributed by atoms with E-state index in [0.717, 1.165) is 24.5 Å². The fourth-order valence-electron chi connectivity index (χ4n) is 2.12. The summed E-state index contributed by atoms with van der Waals surface area (Å²) in [5.74, 6) is 0.212. The third kappa shape index (κ3) is 4.86. The average Bonchev–Trinajstić information content (AvgIpc) is 2.74. The van der Waals surface area contributed by atoms with Gasteiger partial charge in [0.25, 0.3) is 5.91 Å². The molecule has 2 rings (SSSR count). The summed E-state index contributed by atoms with van der Waals surface area (Å²) in [5.41, 5.74) is 5.84. The van der Waals surface area contributed by atoms with Crippen molar-refractivity contribution in [3.63, 3.8) is 0 Å². The zero-order valence-corrected chi connectivity index (χ0v) is 13.6. The molecule has 118 valence electrons. The van der Waals surface area contributed by atoms with Gasteiger partial charge in [0, 0.05) is 12.6 Å². The van der Waals surface area contributed by atoms with Crippen LogP contribution in [0.2, 0.25) is 0 Å². The van der Waals surface area contributed by atoms with E-state index < -0.39 is 0 Å². The maximum Gasteiger partial charge on any atom is 0.265 e. The predicted molar refractivity (Wildman–Crippen MR) is 87.9 cm³/mol. The molecule has 1 heterocycles. The molecular formula is C14H25N5OS. The van der Waals surface area contributed by atoms with Gasteiger partial charge in [0.15, 0.2) is 5.13 Å². The van der Waals surface area contributed by atoms with Crippen LogP contribution >= 0.6 is 11.3 Å².